The summed E-state index contributed by atoms with van der Waals surface area (Å²) in [7, 11) is 1.53. The predicted molar refractivity (Wildman–Crippen MR) is 97.9 cm³/mol. The van der Waals surface area contributed by atoms with E-state index in [1.54, 1.807) is 6.07 Å². The maximum absolute atomic E-state index is 12.5. The lowest BCUT2D eigenvalue weighted by Crippen LogP contribution is -2.34. The number of rotatable bonds is 7. The van der Waals surface area contributed by atoms with Gasteiger partial charge in [0.2, 0.25) is 5.91 Å². The van der Waals surface area contributed by atoms with Crippen LogP contribution in [0.2, 0.25) is 0 Å². The quantitative estimate of drug-likeness (QED) is 0.443. The summed E-state index contributed by atoms with van der Waals surface area (Å²) in [5, 5.41) is 13.8. The van der Waals surface area contributed by atoms with Crippen LogP contribution in [0.15, 0.2) is 42.5 Å². The van der Waals surface area contributed by atoms with Crippen molar-refractivity contribution in [3.63, 3.8) is 0 Å². The Hall–Kier alpha value is -3.75. The number of carbonyl (C=O) groups is 3. The lowest BCUT2D eigenvalue weighted by Gasteiger charge is -2.14. The van der Waals surface area contributed by atoms with Crippen molar-refractivity contribution >= 4 is 23.4 Å². The first-order chi connectivity index (χ1) is 13.4. The van der Waals surface area contributed by atoms with Gasteiger partial charge in [-0.25, -0.2) is 0 Å². The lowest BCUT2D eigenvalue weighted by molar-refractivity contribution is -0.385. The number of carbonyl (C=O) groups excluding carboxylic acids is 3. The van der Waals surface area contributed by atoms with Crippen molar-refractivity contribution in [1.82, 2.24) is 10.2 Å². The molecule has 0 bridgehead atoms. The molecule has 3 amide bonds. The number of nitrogens with one attached hydrogen (secondary N) is 1. The fourth-order valence-corrected chi connectivity index (χ4v) is 3.02. The standard InChI is InChI=1S/C19H17N3O6/c1-28-15-8-3-2-5-12(15)11-20-16(23)9-10-21-18(24)13-6-4-7-14(22(26)27)17(13)19(21)25/h2-8H,9-11H2,1H3,(H,20,23). The predicted octanol–water partition coefficient (Wildman–Crippen LogP) is 1.91. The molecule has 0 saturated carbocycles. The van der Waals surface area contributed by atoms with E-state index in [0.29, 0.717) is 5.75 Å². The fraction of sp³-hybridized carbons (Fsp3) is 0.211. The first-order valence-electron chi connectivity index (χ1n) is 8.46. The first-order valence-corrected chi connectivity index (χ1v) is 8.46. The fourth-order valence-electron chi connectivity index (χ4n) is 3.02. The van der Waals surface area contributed by atoms with E-state index in [9.17, 15) is 24.5 Å². The van der Waals surface area contributed by atoms with E-state index < -0.39 is 22.4 Å². The molecule has 0 fully saturated rings. The van der Waals surface area contributed by atoms with E-state index in [1.165, 1.54) is 25.3 Å². The normalized spacial score (nSPS) is 12.7. The van der Waals surface area contributed by atoms with Crippen LogP contribution in [0, 0.1) is 10.1 Å². The third kappa shape index (κ3) is 3.54. The number of nitro groups is 1. The van der Waals surface area contributed by atoms with E-state index in [-0.39, 0.29) is 36.5 Å². The number of methoxy groups -OCH3 is 1. The van der Waals surface area contributed by atoms with Gasteiger partial charge in [0.15, 0.2) is 0 Å². The molecule has 1 heterocycles. The van der Waals surface area contributed by atoms with Gasteiger partial charge < -0.3 is 10.1 Å². The molecule has 0 atom stereocenters. The van der Waals surface area contributed by atoms with Gasteiger partial charge in [-0.3, -0.25) is 29.4 Å². The zero-order valence-corrected chi connectivity index (χ0v) is 15.0. The summed E-state index contributed by atoms with van der Waals surface area (Å²) < 4.78 is 5.21. The highest BCUT2D eigenvalue weighted by atomic mass is 16.6. The maximum Gasteiger partial charge on any atom is 0.282 e. The second kappa shape index (κ2) is 7.87. The summed E-state index contributed by atoms with van der Waals surface area (Å²) in [5.74, 6) is -1.13. The van der Waals surface area contributed by atoms with Crippen LogP contribution in [0.4, 0.5) is 5.69 Å². The molecule has 0 spiro atoms. The Morgan fingerprint density at radius 3 is 2.61 bits per heavy atom. The van der Waals surface area contributed by atoms with Crippen molar-refractivity contribution in [3.05, 3.63) is 69.3 Å². The third-order valence-electron chi connectivity index (χ3n) is 4.40. The van der Waals surface area contributed by atoms with E-state index in [2.05, 4.69) is 5.32 Å². The number of benzene rings is 2. The number of hydrogen-bond acceptors (Lipinski definition) is 6. The number of hydrogen-bond donors (Lipinski definition) is 1. The molecule has 1 N–H and O–H groups in total. The molecule has 1 aliphatic heterocycles. The van der Waals surface area contributed by atoms with Crippen molar-refractivity contribution in [2.24, 2.45) is 0 Å². The Labute approximate surface area is 160 Å². The van der Waals surface area contributed by atoms with Crippen molar-refractivity contribution < 1.29 is 24.0 Å². The smallest absolute Gasteiger partial charge is 0.282 e. The van der Waals surface area contributed by atoms with Crippen LogP contribution in [-0.2, 0) is 11.3 Å². The van der Waals surface area contributed by atoms with Crippen LogP contribution < -0.4 is 10.1 Å². The molecule has 9 nitrogen and oxygen atoms in total. The molecule has 144 valence electrons. The molecule has 3 rings (SSSR count). The minimum atomic E-state index is -0.759. The van der Waals surface area contributed by atoms with Crippen molar-refractivity contribution in [1.29, 1.82) is 0 Å². The molecule has 0 aliphatic carbocycles. The van der Waals surface area contributed by atoms with Crippen LogP contribution in [0.5, 0.6) is 5.75 Å². The summed E-state index contributed by atoms with van der Waals surface area (Å²) in [4.78, 5) is 48.2. The Kier molecular flexibility index (Phi) is 5.35. The van der Waals surface area contributed by atoms with Gasteiger partial charge in [0.1, 0.15) is 11.3 Å². The van der Waals surface area contributed by atoms with Gasteiger partial charge in [-0.2, -0.15) is 0 Å². The van der Waals surface area contributed by atoms with Crippen molar-refractivity contribution in [2.45, 2.75) is 13.0 Å². The summed E-state index contributed by atoms with van der Waals surface area (Å²) in [6.07, 6.45) is -0.117. The summed E-state index contributed by atoms with van der Waals surface area (Å²) >= 11 is 0. The monoisotopic (exact) mass is 383 g/mol. The highest BCUT2D eigenvalue weighted by molar-refractivity contribution is 6.23. The molecule has 9 heteroatoms. The molecular weight excluding hydrogens is 366 g/mol. The van der Waals surface area contributed by atoms with Gasteiger partial charge in [-0.1, -0.05) is 24.3 Å². The molecular formula is C19H17N3O6. The Morgan fingerprint density at radius 2 is 1.89 bits per heavy atom. The number of para-hydroxylation sites is 1. The van der Waals surface area contributed by atoms with Gasteiger partial charge in [-0.05, 0) is 12.1 Å². The van der Waals surface area contributed by atoms with Gasteiger partial charge in [-0.15, -0.1) is 0 Å². The number of nitrogens with zero attached hydrogens (tertiary/aromatic N) is 2. The van der Waals surface area contributed by atoms with Crippen LogP contribution in [0.3, 0.4) is 0 Å². The zero-order chi connectivity index (χ0) is 20.3. The minimum absolute atomic E-state index is 0.0198. The van der Waals surface area contributed by atoms with Crippen LogP contribution >= 0.6 is 0 Å². The highest BCUT2D eigenvalue weighted by Gasteiger charge is 2.40. The van der Waals surface area contributed by atoms with E-state index in [0.717, 1.165) is 10.5 Å². The zero-order valence-electron chi connectivity index (χ0n) is 15.0. The molecule has 0 unspecified atom stereocenters. The number of amides is 3. The average molecular weight is 383 g/mol. The molecule has 0 saturated heterocycles. The second-order valence-corrected chi connectivity index (χ2v) is 6.06. The third-order valence-corrected chi connectivity index (χ3v) is 4.40. The molecule has 0 aromatic heterocycles. The summed E-state index contributed by atoms with van der Waals surface area (Å²) in [6, 6.07) is 11.1. The Bertz CT molecular complexity index is 972. The number of fused-ring (bicyclic) bond motifs is 1. The average Bonchev–Trinajstić information content (AvgIpc) is 2.95. The SMILES string of the molecule is COc1ccccc1CNC(=O)CCN1C(=O)c2cccc([N+](=O)[O-])c2C1=O. The topological polar surface area (TPSA) is 119 Å². The maximum atomic E-state index is 12.5. The van der Waals surface area contributed by atoms with E-state index in [1.807, 2.05) is 18.2 Å². The van der Waals surface area contributed by atoms with E-state index >= 15 is 0 Å². The van der Waals surface area contributed by atoms with Gasteiger partial charge in [0, 0.05) is 31.1 Å². The van der Waals surface area contributed by atoms with Gasteiger partial charge >= 0.3 is 0 Å². The lowest BCUT2D eigenvalue weighted by atomic mass is 10.1. The Balaban J connectivity index is 1.63. The van der Waals surface area contributed by atoms with Crippen LogP contribution in [0.1, 0.15) is 32.7 Å². The van der Waals surface area contributed by atoms with Crippen molar-refractivity contribution in [3.8, 4) is 5.75 Å². The molecule has 2 aromatic rings. The van der Waals surface area contributed by atoms with E-state index in [4.69, 9.17) is 4.74 Å². The van der Waals surface area contributed by atoms with Gasteiger partial charge in [0.05, 0.1) is 17.6 Å². The molecule has 28 heavy (non-hydrogen) atoms. The minimum Gasteiger partial charge on any atom is -0.496 e. The summed E-state index contributed by atoms with van der Waals surface area (Å²) in [5.41, 5.74) is 0.120. The second-order valence-electron chi connectivity index (χ2n) is 6.06. The summed E-state index contributed by atoms with van der Waals surface area (Å²) in [6.45, 7) is 0.0672. The Morgan fingerprint density at radius 1 is 1.14 bits per heavy atom. The number of imide groups is 1. The molecule has 2 aromatic carbocycles. The first kappa shape index (κ1) is 19.0. The largest absolute Gasteiger partial charge is 0.496 e. The molecule has 1 aliphatic rings. The van der Waals surface area contributed by atoms with Crippen molar-refractivity contribution in [2.75, 3.05) is 13.7 Å². The highest BCUT2D eigenvalue weighted by Crippen LogP contribution is 2.30. The van der Waals surface area contributed by atoms with Crippen LogP contribution in [-0.4, -0.2) is 41.2 Å². The number of nitro benzene ring substituents is 1. The number of ether oxygens (including phenoxy) is 1. The van der Waals surface area contributed by atoms with Crippen LogP contribution in [0.25, 0.3) is 0 Å². The molecule has 0 radical (unpaired) electrons. The van der Waals surface area contributed by atoms with Gasteiger partial charge in [0.25, 0.3) is 17.5 Å².